The number of nitrogens with zero attached hydrogens (tertiary/aromatic N) is 4. The zero-order valence-corrected chi connectivity index (χ0v) is 14.1. The third kappa shape index (κ3) is 2.94. The van der Waals surface area contributed by atoms with E-state index in [9.17, 15) is 4.79 Å². The molecule has 1 aliphatic rings. The number of amides is 1. The normalized spacial score (nSPS) is 14.3. The maximum absolute atomic E-state index is 12.2. The van der Waals surface area contributed by atoms with E-state index in [4.69, 9.17) is 4.98 Å². The Balaban J connectivity index is 1.55. The summed E-state index contributed by atoms with van der Waals surface area (Å²) in [4.78, 5) is 27.5. The Bertz CT molecular complexity index is 884. The van der Waals surface area contributed by atoms with E-state index in [-0.39, 0.29) is 5.91 Å². The molecule has 1 aromatic carbocycles. The molecule has 3 aromatic rings. The van der Waals surface area contributed by atoms with Crippen molar-refractivity contribution in [2.75, 3.05) is 23.3 Å². The fraction of sp³-hybridized carbons (Fsp3) is 0.294. The van der Waals surface area contributed by atoms with Gasteiger partial charge in [-0.25, -0.2) is 9.97 Å². The van der Waals surface area contributed by atoms with Crippen LogP contribution in [0.15, 0.2) is 30.6 Å². The summed E-state index contributed by atoms with van der Waals surface area (Å²) in [7, 11) is 0. The van der Waals surface area contributed by atoms with Crippen LogP contribution in [0.2, 0.25) is 0 Å². The van der Waals surface area contributed by atoms with Crippen molar-refractivity contribution in [3.8, 4) is 0 Å². The van der Waals surface area contributed by atoms with Gasteiger partial charge in [0.05, 0.1) is 22.1 Å². The van der Waals surface area contributed by atoms with Crippen LogP contribution in [0.3, 0.4) is 0 Å². The van der Waals surface area contributed by atoms with Crippen molar-refractivity contribution in [2.45, 2.75) is 19.8 Å². The van der Waals surface area contributed by atoms with Crippen LogP contribution in [0.4, 0.5) is 10.8 Å². The highest BCUT2D eigenvalue weighted by Gasteiger charge is 2.16. The van der Waals surface area contributed by atoms with Crippen LogP contribution in [0, 0.1) is 6.92 Å². The number of carbonyl (C=O) groups excluding carboxylic acids is 1. The van der Waals surface area contributed by atoms with E-state index in [0.29, 0.717) is 5.69 Å². The lowest BCUT2D eigenvalue weighted by atomic mass is 10.3. The largest absolute Gasteiger partial charge is 0.348 e. The molecule has 7 heteroatoms. The number of nitrogens with one attached hydrogen (secondary N) is 1. The number of benzene rings is 1. The highest BCUT2D eigenvalue weighted by molar-refractivity contribution is 7.22. The Morgan fingerprint density at radius 2 is 2.04 bits per heavy atom. The molecule has 122 valence electrons. The molecule has 6 nitrogen and oxygen atoms in total. The second-order valence-corrected chi connectivity index (χ2v) is 6.88. The fourth-order valence-electron chi connectivity index (χ4n) is 2.74. The highest BCUT2D eigenvalue weighted by Crippen LogP contribution is 2.32. The molecule has 0 aliphatic carbocycles. The average molecular weight is 339 g/mol. The van der Waals surface area contributed by atoms with Crippen LogP contribution in [0.25, 0.3) is 10.2 Å². The van der Waals surface area contributed by atoms with Gasteiger partial charge < -0.3 is 10.2 Å². The molecule has 0 atom stereocenters. The van der Waals surface area contributed by atoms with Crippen molar-refractivity contribution in [3.63, 3.8) is 0 Å². The number of rotatable bonds is 3. The van der Waals surface area contributed by atoms with Crippen LogP contribution in [-0.4, -0.2) is 33.9 Å². The van der Waals surface area contributed by atoms with E-state index in [1.165, 1.54) is 19.0 Å². The fourth-order valence-corrected chi connectivity index (χ4v) is 3.80. The first-order chi connectivity index (χ1) is 11.7. The van der Waals surface area contributed by atoms with Crippen LogP contribution >= 0.6 is 11.3 Å². The van der Waals surface area contributed by atoms with Crippen LogP contribution < -0.4 is 10.2 Å². The molecular weight excluding hydrogens is 322 g/mol. The molecule has 1 N–H and O–H groups in total. The summed E-state index contributed by atoms with van der Waals surface area (Å²) >= 11 is 1.67. The molecule has 24 heavy (non-hydrogen) atoms. The van der Waals surface area contributed by atoms with E-state index >= 15 is 0 Å². The predicted molar refractivity (Wildman–Crippen MR) is 95.8 cm³/mol. The molecule has 1 fully saturated rings. The van der Waals surface area contributed by atoms with Gasteiger partial charge in [-0.1, -0.05) is 11.3 Å². The van der Waals surface area contributed by atoms with E-state index in [1.54, 1.807) is 17.5 Å². The van der Waals surface area contributed by atoms with Crippen LogP contribution in [0.5, 0.6) is 0 Å². The minimum atomic E-state index is -0.258. The Hall–Kier alpha value is -2.54. The van der Waals surface area contributed by atoms with Gasteiger partial charge in [0.1, 0.15) is 5.69 Å². The lowest BCUT2D eigenvalue weighted by Crippen LogP contribution is -2.16. The second kappa shape index (κ2) is 6.16. The van der Waals surface area contributed by atoms with Crippen molar-refractivity contribution < 1.29 is 4.79 Å². The smallest absolute Gasteiger partial charge is 0.275 e. The topological polar surface area (TPSA) is 71.0 Å². The first-order valence-corrected chi connectivity index (χ1v) is 8.76. The summed E-state index contributed by atoms with van der Waals surface area (Å²) < 4.78 is 1.07. The molecule has 0 bridgehead atoms. The molecule has 0 radical (unpaired) electrons. The standard InChI is InChI=1S/C17H17N5OS/c1-11-9-19-14(10-18-11)16(23)20-12-4-5-13-15(8-12)24-17(21-13)22-6-2-3-7-22/h4-5,8-10H,2-3,6-7H2,1H3,(H,20,23). The summed E-state index contributed by atoms with van der Waals surface area (Å²) in [5.74, 6) is -0.258. The van der Waals surface area contributed by atoms with Crippen molar-refractivity contribution in [3.05, 3.63) is 42.0 Å². The number of hydrogen-bond acceptors (Lipinski definition) is 6. The third-order valence-corrected chi connectivity index (χ3v) is 5.10. The molecular formula is C17H17N5OS. The van der Waals surface area contributed by atoms with Gasteiger partial charge in [-0.15, -0.1) is 0 Å². The van der Waals surface area contributed by atoms with Crippen molar-refractivity contribution >= 4 is 38.3 Å². The van der Waals surface area contributed by atoms with Gasteiger partial charge in [0.25, 0.3) is 5.91 Å². The quantitative estimate of drug-likeness (QED) is 0.793. The van der Waals surface area contributed by atoms with Gasteiger partial charge >= 0.3 is 0 Å². The molecule has 0 spiro atoms. The maximum Gasteiger partial charge on any atom is 0.275 e. The van der Waals surface area contributed by atoms with E-state index < -0.39 is 0 Å². The summed E-state index contributed by atoms with van der Waals surface area (Å²) in [5.41, 5.74) is 2.80. The van der Waals surface area contributed by atoms with Crippen LogP contribution in [-0.2, 0) is 0 Å². The van der Waals surface area contributed by atoms with Gasteiger partial charge in [0, 0.05) is 25.0 Å². The van der Waals surface area contributed by atoms with Crippen molar-refractivity contribution in [1.29, 1.82) is 0 Å². The third-order valence-electron chi connectivity index (χ3n) is 4.03. The Morgan fingerprint density at radius 1 is 1.21 bits per heavy atom. The first-order valence-electron chi connectivity index (χ1n) is 7.94. The number of thiazole rings is 1. The summed E-state index contributed by atoms with van der Waals surface area (Å²) in [6, 6.07) is 5.78. The molecule has 1 aliphatic heterocycles. The zero-order valence-electron chi connectivity index (χ0n) is 13.3. The van der Waals surface area contributed by atoms with E-state index in [0.717, 1.165) is 39.8 Å². The minimum Gasteiger partial charge on any atom is -0.348 e. The van der Waals surface area contributed by atoms with Crippen LogP contribution in [0.1, 0.15) is 29.0 Å². The maximum atomic E-state index is 12.2. The number of anilines is 2. The Labute approximate surface area is 143 Å². The Morgan fingerprint density at radius 3 is 2.79 bits per heavy atom. The van der Waals surface area contributed by atoms with Gasteiger partial charge in [-0.05, 0) is 38.0 Å². The molecule has 3 heterocycles. The molecule has 1 saturated heterocycles. The van der Waals surface area contributed by atoms with Gasteiger partial charge in [0.2, 0.25) is 0 Å². The number of aryl methyl sites for hydroxylation is 1. The van der Waals surface area contributed by atoms with E-state index in [2.05, 4.69) is 20.2 Å². The van der Waals surface area contributed by atoms with Gasteiger partial charge in [-0.2, -0.15) is 0 Å². The number of fused-ring (bicyclic) bond motifs is 1. The zero-order chi connectivity index (χ0) is 16.5. The molecule has 0 saturated carbocycles. The highest BCUT2D eigenvalue weighted by atomic mass is 32.1. The van der Waals surface area contributed by atoms with Gasteiger partial charge in [-0.3, -0.25) is 9.78 Å². The lowest BCUT2D eigenvalue weighted by molar-refractivity contribution is 0.102. The molecule has 1 amide bonds. The minimum absolute atomic E-state index is 0.258. The Kier molecular flexibility index (Phi) is 3.86. The SMILES string of the molecule is Cc1cnc(C(=O)Nc2ccc3nc(N4CCCC4)sc3c2)cn1. The summed E-state index contributed by atoms with van der Waals surface area (Å²) in [6.07, 6.45) is 5.54. The average Bonchev–Trinajstić information content (AvgIpc) is 3.24. The molecule has 2 aromatic heterocycles. The van der Waals surface area contributed by atoms with Crippen molar-refractivity contribution in [1.82, 2.24) is 15.0 Å². The number of aromatic nitrogens is 3. The lowest BCUT2D eigenvalue weighted by Gasteiger charge is -2.11. The van der Waals surface area contributed by atoms with Crippen molar-refractivity contribution in [2.24, 2.45) is 0 Å². The predicted octanol–water partition coefficient (Wildman–Crippen LogP) is 3.25. The number of hydrogen-bond donors (Lipinski definition) is 1. The summed E-state index contributed by atoms with van der Waals surface area (Å²) in [6.45, 7) is 4.00. The molecule has 0 unspecified atom stereocenters. The molecule has 4 rings (SSSR count). The van der Waals surface area contributed by atoms with Gasteiger partial charge in [0.15, 0.2) is 5.13 Å². The monoisotopic (exact) mass is 339 g/mol. The summed E-state index contributed by atoms with van der Waals surface area (Å²) in [5, 5.41) is 3.94. The van der Waals surface area contributed by atoms with E-state index in [1.807, 2.05) is 25.1 Å². The second-order valence-electron chi connectivity index (χ2n) is 5.87. The number of carbonyl (C=O) groups is 1. The first kappa shape index (κ1) is 15.0.